The van der Waals surface area contributed by atoms with Gasteiger partial charge in [-0.25, -0.2) is 0 Å². The summed E-state index contributed by atoms with van der Waals surface area (Å²) in [5, 5.41) is 0. The molecule has 0 heterocycles. The van der Waals surface area contributed by atoms with E-state index in [4.69, 9.17) is 0 Å². The Kier molecular flexibility index (Phi) is 13.1. The van der Waals surface area contributed by atoms with E-state index in [0.717, 1.165) is 19.3 Å². The maximum Gasteiger partial charge on any atom is 0.00212 e. The van der Waals surface area contributed by atoms with E-state index in [1.165, 1.54) is 29.6 Å². The Hall–Kier alpha value is -1.56. The molecule has 0 aliphatic rings. The Balaban J connectivity index is 6.23. The molecule has 0 saturated heterocycles. The highest BCUT2D eigenvalue weighted by Crippen LogP contribution is 2.29. The number of hydrogen-bond donors (Lipinski definition) is 0. The summed E-state index contributed by atoms with van der Waals surface area (Å²) in [6, 6.07) is 0. The van der Waals surface area contributed by atoms with Crippen LogP contribution in [0.25, 0.3) is 0 Å². The summed E-state index contributed by atoms with van der Waals surface area (Å²) in [6.45, 7) is 14.9. The summed E-state index contributed by atoms with van der Waals surface area (Å²) < 4.78 is 0. The van der Waals surface area contributed by atoms with Crippen LogP contribution < -0.4 is 0 Å². The lowest BCUT2D eigenvalue weighted by Crippen LogP contribution is -2.03. The van der Waals surface area contributed by atoms with Gasteiger partial charge in [0.1, 0.15) is 0 Å². The van der Waals surface area contributed by atoms with E-state index in [1.807, 2.05) is 0 Å². The van der Waals surface area contributed by atoms with Gasteiger partial charge >= 0.3 is 0 Å². The highest BCUT2D eigenvalue weighted by atomic mass is 14.2. The molecule has 0 saturated carbocycles. The third kappa shape index (κ3) is 8.02. The van der Waals surface area contributed by atoms with Crippen LogP contribution in [0.1, 0.15) is 66.7 Å². The van der Waals surface area contributed by atoms with E-state index >= 15 is 0 Å². The summed E-state index contributed by atoms with van der Waals surface area (Å²) in [7, 11) is 0. The molecule has 0 aromatic rings. The molecular formula is C23H36. The monoisotopic (exact) mass is 312 g/mol. The van der Waals surface area contributed by atoms with E-state index in [9.17, 15) is 0 Å². The molecule has 0 N–H and O–H groups in total. The Bertz CT molecular complexity index is 466. The third-order valence-electron chi connectivity index (χ3n) is 3.76. The van der Waals surface area contributed by atoms with Crippen molar-refractivity contribution < 1.29 is 0 Å². The van der Waals surface area contributed by atoms with Crippen molar-refractivity contribution in [2.45, 2.75) is 66.7 Å². The average molecular weight is 313 g/mol. The second-order valence-corrected chi connectivity index (χ2v) is 5.76. The number of rotatable bonds is 11. The summed E-state index contributed by atoms with van der Waals surface area (Å²) in [4.78, 5) is 0. The van der Waals surface area contributed by atoms with Crippen molar-refractivity contribution in [1.82, 2.24) is 0 Å². The van der Waals surface area contributed by atoms with Gasteiger partial charge in [0.25, 0.3) is 0 Å². The maximum absolute atomic E-state index is 4.08. The molecule has 128 valence electrons. The average Bonchev–Trinajstić information content (AvgIpc) is 2.55. The molecular weight excluding hydrogens is 276 g/mol. The molecule has 0 aliphatic heterocycles. The molecule has 1 unspecified atom stereocenters. The molecule has 0 spiro atoms. The van der Waals surface area contributed by atoms with Crippen molar-refractivity contribution in [2.24, 2.45) is 5.92 Å². The molecule has 0 heteroatoms. The quantitative estimate of drug-likeness (QED) is 0.270. The first-order valence-corrected chi connectivity index (χ1v) is 9.19. The van der Waals surface area contributed by atoms with Gasteiger partial charge in [0.05, 0.1) is 0 Å². The van der Waals surface area contributed by atoms with Gasteiger partial charge in [-0.1, -0.05) is 82.2 Å². The summed E-state index contributed by atoms with van der Waals surface area (Å²) in [5.74, 6) is 0.406. The molecule has 0 aromatic heterocycles. The number of hydrogen-bond acceptors (Lipinski definition) is 0. The lowest BCUT2D eigenvalue weighted by atomic mass is 9.86. The highest BCUT2D eigenvalue weighted by Gasteiger charge is 2.13. The Labute approximate surface area is 145 Å². The molecule has 0 aliphatic carbocycles. The molecule has 0 aromatic carbocycles. The van der Waals surface area contributed by atoms with Crippen LogP contribution in [-0.4, -0.2) is 0 Å². The van der Waals surface area contributed by atoms with Crippen LogP contribution in [0.5, 0.6) is 0 Å². The Morgan fingerprint density at radius 2 is 1.65 bits per heavy atom. The minimum Gasteiger partial charge on any atom is -0.102 e. The fourth-order valence-electron chi connectivity index (χ4n) is 2.70. The van der Waals surface area contributed by atoms with E-state index < -0.39 is 0 Å². The molecule has 0 bridgehead atoms. The first kappa shape index (κ1) is 21.4. The topological polar surface area (TPSA) is 0 Å². The highest BCUT2D eigenvalue weighted by molar-refractivity contribution is 5.53. The first-order chi connectivity index (χ1) is 11.2. The van der Waals surface area contributed by atoms with Gasteiger partial charge in [-0.05, 0) is 49.8 Å². The van der Waals surface area contributed by atoms with Crippen LogP contribution in [0.15, 0.2) is 71.9 Å². The van der Waals surface area contributed by atoms with Crippen LogP contribution in [0, 0.1) is 5.92 Å². The minimum absolute atomic E-state index is 0.406. The van der Waals surface area contributed by atoms with E-state index in [1.54, 1.807) is 0 Å². The van der Waals surface area contributed by atoms with Crippen LogP contribution in [-0.2, 0) is 0 Å². The van der Waals surface area contributed by atoms with Crippen molar-refractivity contribution in [1.29, 1.82) is 0 Å². The van der Waals surface area contributed by atoms with Crippen molar-refractivity contribution in [3.8, 4) is 0 Å². The van der Waals surface area contributed by atoms with Crippen LogP contribution in [0.2, 0.25) is 0 Å². The molecule has 0 rings (SSSR count). The minimum atomic E-state index is 0.406. The van der Waals surface area contributed by atoms with Crippen molar-refractivity contribution in [3.05, 3.63) is 71.9 Å². The summed E-state index contributed by atoms with van der Waals surface area (Å²) >= 11 is 0. The van der Waals surface area contributed by atoms with Gasteiger partial charge in [-0.3, -0.25) is 0 Å². The molecule has 1 atom stereocenters. The zero-order valence-electron chi connectivity index (χ0n) is 15.9. The van der Waals surface area contributed by atoms with Gasteiger partial charge in [0, 0.05) is 5.92 Å². The fraction of sp³-hybridized carbons (Fsp3) is 0.478. The molecule has 0 amide bonds. The lowest BCUT2D eigenvalue weighted by Gasteiger charge is -2.18. The van der Waals surface area contributed by atoms with Gasteiger partial charge in [-0.2, -0.15) is 0 Å². The van der Waals surface area contributed by atoms with Gasteiger partial charge in [0.2, 0.25) is 0 Å². The molecule has 0 nitrogen and oxygen atoms in total. The molecule has 0 radical (unpaired) electrons. The van der Waals surface area contributed by atoms with Crippen molar-refractivity contribution in [3.63, 3.8) is 0 Å². The van der Waals surface area contributed by atoms with Gasteiger partial charge < -0.3 is 0 Å². The van der Waals surface area contributed by atoms with Gasteiger partial charge in [-0.15, -0.1) is 6.58 Å². The Morgan fingerprint density at radius 1 is 0.957 bits per heavy atom. The van der Waals surface area contributed by atoms with E-state index in [2.05, 4.69) is 89.8 Å². The smallest absolute Gasteiger partial charge is 0.00212 e. The number of allylic oxidation sites excluding steroid dienone is 11. The van der Waals surface area contributed by atoms with Crippen molar-refractivity contribution >= 4 is 0 Å². The van der Waals surface area contributed by atoms with Crippen LogP contribution >= 0.6 is 0 Å². The maximum atomic E-state index is 4.08. The van der Waals surface area contributed by atoms with Gasteiger partial charge in [0.15, 0.2) is 0 Å². The second kappa shape index (κ2) is 14.1. The van der Waals surface area contributed by atoms with E-state index in [0.29, 0.717) is 5.92 Å². The Morgan fingerprint density at radius 3 is 2.13 bits per heavy atom. The predicted octanol–water partition coefficient (Wildman–Crippen LogP) is 7.73. The zero-order chi connectivity index (χ0) is 17.5. The normalized spacial score (nSPS) is 15.6. The SMILES string of the molecule is C=CC(CCC)C(C=CC)=C(C=CCCC)C(C=CC)=CCC. The van der Waals surface area contributed by atoms with Crippen molar-refractivity contribution in [2.75, 3.05) is 0 Å². The second-order valence-electron chi connectivity index (χ2n) is 5.76. The third-order valence-corrected chi connectivity index (χ3v) is 3.76. The van der Waals surface area contributed by atoms with Crippen LogP contribution in [0.3, 0.4) is 0 Å². The fourth-order valence-corrected chi connectivity index (χ4v) is 2.70. The molecule has 23 heavy (non-hydrogen) atoms. The predicted molar refractivity (Wildman–Crippen MR) is 108 cm³/mol. The first-order valence-electron chi connectivity index (χ1n) is 9.19. The summed E-state index contributed by atoms with van der Waals surface area (Å²) in [6.07, 6.45) is 23.5. The lowest BCUT2D eigenvalue weighted by molar-refractivity contribution is 0.667. The standard InChI is InChI=1S/C23H36/c1-7-13-14-19-23(21(16-9-3)17-10-4)22(18-11-5)20(12-6)15-8-2/h9,11-12,14,16-20H,6-8,10,13,15H2,1-5H3. The summed E-state index contributed by atoms with van der Waals surface area (Å²) in [5.41, 5.74) is 4.04. The zero-order valence-corrected chi connectivity index (χ0v) is 15.9. The van der Waals surface area contributed by atoms with E-state index in [-0.39, 0.29) is 0 Å². The van der Waals surface area contributed by atoms with Crippen LogP contribution in [0.4, 0.5) is 0 Å². The number of unbranched alkanes of at least 4 members (excludes halogenated alkanes) is 1. The molecule has 0 fully saturated rings. The largest absolute Gasteiger partial charge is 0.102 e.